The van der Waals surface area contributed by atoms with E-state index in [-0.39, 0.29) is 0 Å². The molecule has 2 nitrogen and oxygen atoms in total. The van der Waals surface area contributed by atoms with Gasteiger partial charge < -0.3 is 4.74 Å². The molecule has 0 atom stereocenters. The molecule has 0 aliphatic carbocycles. The number of rotatable bonds is 3. The number of nitrogens with zero attached hydrogens (tertiary/aromatic N) is 1. The highest BCUT2D eigenvalue weighted by atomic mass is 35.5. The monoisotopic (exact) mass is 245 g/mol. The molecule has 2 aromatic carbocycles. The van der Waals surface area contributed by atoms with Crippen molar-refractivity contribution in [1.82, 2.24) is 0 Å². The van der Waals surface area contributed by atoms with Crippen molar-refractivity contribution in [2.75, 3.05) is 7.11 Å². The predicted molar refractivity (Wildman–Crippen MR) is 71.7 cm³/mol. The third kappa shape index (κ3) is 3.08. The predicted octanol–water partition coefficient (Wildman–Crippen LogP) is 4.10. The average molecular weight is 246 g/mol. The van der Waals surface area contributed by atoms with Crippen molar-refractivity contribution < 1.29 is 4.74 Å². The van der Waals surface area contributed by atoms with E-state index in [0.29, 0.717) is 5.02 Å². The molecule has 17 heavy (non-hydrogen) atoms. The molecule has 86 valence electrons. The van der Waals surface area contributed by atoms with Gasteiger partial charge in [0.05, 0.1) is 12.8 Å². The minimum absolute atomic E-state index is 0.709. The zero-order chi connectivity index (χ0) is 12.1. The summed E-state index contributed by atoms with van der Waals surface area (Å²) in [5.74, 6) is 0.810. The quantitative estimate of drug-likeness (QED) is 0.746. The van der Waals surface area contributed by atoms with Crippen LogP contribution in [0.1, 0.15) is 5.56 Å². The molecule has 0 bridgehead atoms. The van der Waals surface area contributed by atoms with Gasteiger partial charge in [-0.25, -0.2) is 0 Å². The van der Waals surface area contributed by atoms with Gasteiger partial charge in [-0.3, -0.25) is 4.99 Å². The van der Waals surface area contributed by atoms with Gasteiger partial charge in [-0.15, -0.1) is 0 Å². The Morgan fingerprint density at radius 3 is 2.47 bits per heavy atom. The Morgan fingerprint density at radius 2 is 1.76 bits per heavy atom. The van der Waals surface area contributed by atoms with Crippen LogP contribution in [0.5, 0.6) is 5.75 Å². The molecule has 0 saturated carbocycles. The number of hydrogen-bond acceptors (Lipinski definition) is 2. The van der Waals surface area contributed by atoms with E-state index in [2.05, 4.69) is 4.99 Å². The normalized spacial score (nSPS) is 10.7. The van der Waals surface area contributed by atoms with E-state index in [1.807, 2.05) is 48.5 Å². The highest BCUT2D eigenvalue weighted by Crippen LogP contribution is 2.19. The zero-order valence-electron chi connectivity index (χ0n) is 9.43. The third-order valence-corrected chi connectivity index (χ3v) is 2.57. The molecule has 0 radical (unpaired) electrons. The molecule has 0 N–H and O–H groups in total. The summed E-state index contributed by atoms with van der Waals surface area (Å²) in [5.41, 5.74) is 1.81. The summed E-state index contributed by atoms with van der Waals surface area (Å²) >= 11 is 5.80. The molecule has 0 spiro atoms. The third-order valence-electron chi connectivity index (χ3n) is 2.32. The molecule has 0 aliphatic rings. The summed E-state index contributed by atoms with van der Waals surface area (Å²) in [6, 6.07) is 15.1. The number of ether oxygens (including phenoxy) is 1. The Kier molecular flexibility index (Phi) is 3.78. The fourth-order valence-electron chi connectivity index (χ4n) is 1.44. The number of hydrogen-bond donors (Lipinski definition) is 0. The van der Waals surface area contributed by atoms with Crippen molar-refractivity contribution in [3.63, 3.8) is 0 Å². The summed E-state index contributed by atoms with van der Waals surface area (Å²) in [4.78, 5) is 4.36. The maximum Gasteiger partial charge on any atom is 0.127 e. The summed E-state index contributed by atoms with van der Waals surface area (Å²) in [6.07, 6.45) is 1.78. The number of benzene rings is 2. The van der Waals surface area contributed by atoms with Gasteiger partial charge >= 0.3 is 0 Å². The van der Waals surface area contributed by atoms with Crippen LogP contribution >= 0.6 is 11.6 Å². The van der Waals surface area contributed by atoms with Gasteiger partial charge in [0.2, 0.25) is 0 Å². The van der Waals surface area contributed by atoms with Crippen LogP contribution in [0.4, 0.5) is 5.69 Å². The zero-order valence-corrected chi connectivity index (χ0v) is 10.2. The molecule has 0 fully saturated rings. The first-order chi connectivity index (χ1) is 8.29. The van der Waals surface area contributed by atoms with E-state index in [0.717, 1.165) is 17.0 Å². The standard InChI is InChI=1S/C14H12ClNO/c1-17-14-5-3-2-4-11(14)10-16-13-8-6-12(15)7-9-13/h2-10H,1H3. The summed E-state index contributed by atoms with van der Waals surface area (Å²) in [7, 11) is 1.65. The van der Waals surface area contributed by atoms with Gasteiger partial charge in [-0.1, -0.05) is 23.7 Å². The number of halogens is 1. The molecule has 2 aromatic rings. The fourth-order valence-corrected chi connectivity index (χ4v) is 1.57. The van der Waals surface area contributed by atoms with E-state index in [4.69, 9.17) is 16.3 Å². The van der Waals surface area contributed by atoms with Crippen molar-refractivity contribution in [2.45, 2.75) is 0 Å². The van der Waals surface area contributed by atoms with Gasteiger partial charge in [0.1, 0.15) is 5.75 Å². The van der Waals surface area contributed by atoms with E-state index in [9.17, 15) is 0 Å². The van der Waals surface area contributed by atoms with Gasteiger partial charge in [0, 0.05) is 16.8 Å². The van der Waals surface area contributed by atoms with Crippen LogP contribution in [0.15, 0.2) is 53.5 Å². The highest BCUT2D eigenvalue weighted by molar-refractivity contribution is 6.30. The maximum atomic E-state index is 5.80. The molecule has 0 amide bonds. The Morgan fingerprint density at radius 1 is 1.06 bits per heavy atom. The first-order valence-electron chi connectivity index (χ1n) is 5.22. The van der Waals surface area contributed by atoms with Crippen LogP contribution in [0.2, 0.25) is 5.02 Å². The van der Waals surface area contributed by atoms with Gasteiger partial charge in [0.25, 0.3) is 0 Å². The van der Waals surface area contributed by atoms with E-state index in [1.165, 1.54) is 0 Å². The smallest absolute Gasteiger partial charge is 0.127 e. The van der Waals surface area contributed by atoms with E-state index < -0.39 is 0 Å². The van der Waals surface area contributed by atoms with Crippen molar-refractivity contribution in [1.29, 1.82) is 0 Å². The molecule has 0 unspecified atom stereocenters. The Labute approximate surface area is 106 Å². The largest absolute Gasteiger partial charge is 0.496 e. The minimum Gasteiger partial charge on any atom is -0.496 e. The first-order valence-corrected chi connectivity index (χ1v) is 5.60. The first kappa shape index (κ1) is 11.7. The lowest BCUT2D eigenvalue weighted by molar-refractivity contribution is 0.414. The lowest BCUT2D eigenvalue weighted by atomic mass is 10.2. The van der Waals surface area contributed by atoms with Crippen LogP contribution in [0, 0.1) is 0 Å². The van der Waals surface area contributed by atoms with Crippen LogP contribution in [-0.2, 0) is 0 Å². The van der Waals surface area contributed by atoms with Crippen LogP contribution in [0.3, 0.4) is 0 Å². The molecule has 3 heteroatoms. The van der Waals surface area contributed by atoms with Crippen molar-refractivity contribution in [2.24, 2.45) is 4.99 Å². The number of para-hydroxylation sites is 1. The average Bonchev–Trinajstić information content (AvgIpc) is 2.38. The van der Waals surface area contributed by atoms with Crippen LogP contribution < -0.4 is 4.74 Å². The second-order valence-corrected chi connectivity index (χ2v) is 3.91. The van der Waals surface area contributed by atoms with E-state index in [1.54, 1.807) is 13.3 Å². The Hall–Kier alpha value is -1.80. The van der Waals surface area contributed by atoms with Gasteiger partial charge in [-0.2, -0.15) is 0 Å². The van der Waals surface area contributed by atoms with Crippen molar-refractivity contribution >= 4 is 23.5 Å². The number of aliphatic imine (C=N–C) groups is 1. The van der Waals surface area contributed by atoms with Crippen LogP contribution in [0.25, 0.3) is 0 Å². The summed E-state index contributed by atoms with van der Waals surface area (Å²) in [6.45, 7) is 0. The second-order valence-electron chi connectivity index (χ2n) is 3.48. The SMILES string of the molecule is COc1ccccc1C=Nc1ccc(Cl)cc1. The summed E-state index contributed by atoms with van der Waals surface area (Å²) in [5, 5.41) is 0.709. The molecule has 0 saturated heterocycles. The minimum atomic E-state index is 0.709. The molecular weight excluding hydrogens is 234 g/mol. The molecule has 0 aliphatic heterocycles. The lowest BCUT2D eigenvalue weighted by Crippen LogP contribution is -1.89. The number of methoxy groups -OCH3 is 1. The van der Waals surface area contributed by atoms with E-state index >= 15 is 0 Å². The second kappa shape index (κ2) is 5.51. The molecule has 0 heterocycles. The molecule has 2 rings (SSSR count). The lowest BCUT2D eigenvalue weighted by Gasteiger charge is -2.02. The van der Waals surface area contributed by atoms with Crippen molar-refractivity contribution in [3.05, 3.63) is 59.1 Å². The molecule has 0 aromatic heterocycles. The Bertz CT molecular complexity index is 520. The topological polar surface area (TPSA) is 21.6 Å². The van der Waals surface area contributed by atoms with Crippen LogP contribution in [-0.4, -0.2) is 13.3 Å². The van der Waals surface area contributed by atoms with Crippen molar-refractivity contribution in [3.8, 4) is 5.75 Å². The summed E-state index contributed by atoms with van der Waals surface area (Å²) < 4.78 is 5.24. The molecular formula is C14H12ClNO. The van der Waals surface area contributed by atoms with Gasteiger partial charge in [-0.05, 0) is 36.4 Å². The fraction of sp³-hybridized carbons (Fsp3) is 0.0714. The Balaban J connectivity index is 2.22. The van der Waals surface area contributed by atoms with Gasteiger partial charge in [0.15, 0.2) is 0 Å². The highest BCUT2D eigenvalue weighted by Gasteiger charge is 1.97. The maximum absolute atomic E-state index is 5.80.